The molecule has 0 bridgehead atoms. The molecule has 2 aromatic rings. The summed E-state index contributed by atoms with van der Waals surface area (Å²) >= 11 is 0. The van der Waals surface area contributed by atoms with Crippen LogP contribution in [0.25, 0.3) is 10.9 Å². The number of hydrogen-bond donors (Lipinski definition) is 0. The van der Waals surface area contributed by atoms with Crippen molar-refractivity contribution in [3.8, 4) is 0 Å². The highest BCUT2D eigenvalue weighted by atomic mass is 16.5. The van der Waals surface area contributed by atoms with Crippen molar-refractivity contribution in [2.24, 2.45) is 0 Å². The largest absolute Gasteiger partial charge is 0.375 e. The number of morpholine rings is 1. The van der Waals surface area contributed by atoms with Gasteiger partial charge in [0.05, 0.1) is 24.3 Å². The summed E-state index contributed by atoms with van der Waals surface area (Å²) in [5, 5.41) is 1.11. The van der Waals surface area contributed by atoms with E-state index in [1.165, 1.54) is 0 Å². The summed E-state index contributed by atoms with van der Waals surface area (Å²) in [5.74, 6) is 1.02. The van der Waals surface area contributed by atoms with Gasteiger partial charge in [-0.2, -0.15) is 0 Å². The van der Waals surface area contributed by atoms with Gasteiger partial charge < -0.3 is 9.64 Å². The van der Waals surface area contributed by atoms with E-state index in [0.717, 1.165) is 29.9 Å². The molecule has 1 aliphatic rings. The molecule has 0 amide bonds. The summed E-state index contributed by atoms with van der Waals surface area (Å²) in [4.78, 5) is 11.1. The zero-order chi connectivity index (χ0) is 12.5. The molecule has 2 atom stereocenters. The monoisotopic (exact) mass is 243 g/mol. The molecule has 4 nitrogen and oxygen atoms in total. The number of nitrogens with zero attached hydrogens (tertiary/aromatic N) is 3. The third-order valence-corrected chi connectivity index (χ3v) is 3.40. The van der Waals surface area contributed by atoms with E-state index in [-0.39, 0.29) is 6.10 Å². The summed E-state index contributed by atoms with van der Waals surface area (Å²) in [6.07, 6.45) is 1.89. The number of rotatable bonds is 1. The molecule has 3 rings (SSSR count). The SMILES string of the molecule is C[C@@H]1CN(c2ncnc3ccccc23)[C@@H](C)CO1. The highest BCUT2D eigenvalue weighted by molar-refractivity contribution is 5.89. The number of ether oxygens (including phenoxy) is 1. The second-order valence-electron chi connectivity index (χ2n) is 4.86. The van der Waals surface area contributed by atoms with Crippen LogP contribution in [0.3, 0.4) is 0 Å². The maximum absolute atomic E-state index is 5.67. The van der Waals surface area contributed by atoms with Crippen LogP contribution in [0.4, 0.5) is 5.82 Å². The standard InChI is InChI=1S/C14H17N3O/c1-10-8-18-11(2)7-17(10)14-12-5-3-4-6-13(12)15-9-16-14/h3-6,9-11H,7-8H2,1-2H3/t10-,11+/m0/s1. The van der Waals surface area contributed by atoms with Gasteiger partial charge in [0, 0.05) is 11.9 Å². The van der Waals surface area contributed by atoms with Gasteiger partial charge in [-0.3, -0.25) is 0 Å². The maximum atomic E-state index is 5.67. The van der Waals surface area contributed by atoms with E-state index in [1.54, 1.807) is 6.33 Å². The number of aromatic nitrogens is 2. The summed E-state index contributed by atoms with van der Waals surface area (Å²) in [7, 11) is 0. The first-order chi connectivity index (χ1) is 8.75. The Morgan fingerprint density at radius 3 is 2.94 bits per heavy atom. The van der Waals surface area contributed by atoms with Crippen LogP contribution in [-0.2, 0) is 4.74 Å². The molecule has 94 valence electrons. The zero-order valence-electron chi connectivity index (χ0n) is 10.7. The fourth-order valence-electron chi connectivity index (χ4n) is 2.42. The molecule has 1 fully saturated rings. The van der Waals surface area contributed by atoms with E-state index < -0.39 is 0 Å². The number of para-hydroxylation sites is 1. The average Bonchev–Trinajstić information content (AvgIpc) is 2.41. The lowest BCUT2D eigenvalue weighted by Crippen LogP contribution is -2.47. The van der Waals surface area contributed by atoms with E-state index >= 15 is 0 Å². The number of hydrogen-bond acceptors (Lipinski definition) is 4. The van der Waals surface area contributed by atoms with E-state index in [4.69, 9.17) is 4.74 Å². The van der Waals surface area contributed by atoms with Crippen molar-refractivity contribution in [2.45, 2.75) is 26.0 Å². The Bertz CT molecular complexity index is 552. The molecular formula is C14H17N3O. The van der Waals surface area contributed by atoms with Crippen molar-refractivity contribution in [2.75, 3.05) is 18.1 Å². The third-order valence-electron chi connectivity index (χ3n) is 3.40. The van der Waals surface area contributed by atoms with Crippen molar-refractivity contribution in [3.05, 3.63) is 30.6 Å². The van der Waals surface area contributed by atoms with Gasteiger partial charge in [-0.15, -0.1) is 0 Å². The Balaban J connectivity index is 2.07. The second kappa shape index (κ2) is 4.53. The minimum atomic E-state index is 0.245. The van der Waals surface area contributed by atoms with Crippen LogP contribution in [0.1, 0.15) is 13.8 Å². The van der Waals surface area contributed by atoms with Gasteiger partial charge in [-0.05, 0) is 26.0 Å². The van der Waals surface area contributed by atoms with Crippen molar-refractivity contribution in [3.63, 3.8) is 0 Å². The first kappa shape index (κ1) is 11.4. The van der Waals surface area contributed by atoms with Crippen molar-refractivity contribution < 1.29 is 4.74 Å². The first-order valence-electron chi connectivity index (χ1n) is 6.33. The Hall–Kier alpha value is -1.68. The second-order valence-corrected chi connectivity index (χ2v) is 4.86. The molecule has 0 N–H and O–H groups in total. The molecule has 1 saturated heterocycles. The molecule has 1 aliphatic heterocycles. The van der Waals surface area contributed by atoms with Crippen molar-refractivity contribution >= 4 is 16.7 Å². The van der Waals surface area contributed by atoms with Crippen LogP contribution >= 0.6 is 0 Å². The molecule has 4 heteroatoms. The van der Waals surface area contributed by atoms with Gasteiger partial charge in [-0.25, -0.2) is 9.97 Å². The van der Waals surface area contributed by atoms with Crippen LogP contribution < -0.4 is 4.90 Å². The number of anilines is 1. The first-order valence-corrected chi connectivity index (χ1v) is 6.33. The maximum Gasteiger partial charge on any atom is 0.140 e. The summed E-state index contributed by atoms with van der Waals surface area (Å²) < 4.78 is 5.67. The van der Waals surface area contributed by atoms with E-state index in [0.29, 0.717) is 6.04 Å². The van der Waals surface area contributed by atoms with Gasteiger partial charge in [0.15, 0.2) is 0 Å². The zero-order valence-corrected chi connectivity index (χ0v) is 10.7. The fraction of sp³-hybridized carbons (Fsp3) is 0.429. The predicted octanol–water partition coefficient (Wildman–Crippen LogP) is 2.24. The van der Waals surface area contributed by atoms with Gasteiger partial charge >= 0.3 is 0 Å². The molecule has 0 saturated carbocycles. The summed E-state index contributed by atoms with van der Waals surface area (Å²) in [5.41, 5.74) is 0.994. The minimum Gasteiger partial charge on any atom is -0.375 e. The van der Waals surface area contributed by atoms with E-state index in [9.17, 15) is 0 Å². The van der Waals surface area contributed by atoms with Crippen LogP contribution in [0, 0.1) is 0 Å². The molecule has 2 heterocycles. The number of benzene rings is 1. The lowest BCUT2D eigenvalue weighted by Gasteiger charge is -2.38. The quantitative estimate of drug-likeness (QED) is 0.770. The fourth-order valence-corrected chi connectivity index (χ4v) is 2.42. The normalized spacial score (nSPS) is 24.4. The van der Waals surface area contributed by atoms with Crippen molar-refractivity contribution in [1.29, 1.82) is 0 Å². The summed E-state index contributed by atoms with van der Waals surface area (Å²) in [6.45, 7) is 5.90. The molecule has 1 aromatic carbocycles. The Morgan fingerprint density at radius 1 is 1.22 bits per heavy atom. The minimum absolute atomic E-state index is 0.245. The van der Waals surface area contributed by atoms with E-state index in [1.807, 2.05) is 18.2 Å². The van der Waals surface area contributed by atoms with Crippen LogP contribution in [0.2, 0.25) is 0 Å². The molecule has 0 spiro atoms. The smallest absolute Gasteiger partial charge is 0.140 e. The van der Waals surface area contributed by atoms with Gasteiger partial charge in [0.2, 0.25) is 0 Å². The van der Waals surface area contributed by atoms with Gasteiger partial charge in [-0.1, -0.05) is 12.1 Å². The molecule has 1 aromatic heterocycles. The van der Waals surface area contributed by atoms with Crippen LogP contribution in [0.15, 0.2) is 30.6 Å². The topological polar surface area (TPSA) is 38.2 Å². The average molecular weight is 243 g/mol. The van der Waals surface area contributed by atoms with Gasteiger partial charge in [0.25, 0.3) is 0 Å². The van der Waals surface area contributed by atoms with Crippen LogP contribution in [-0.4, -0.2) is 35.3 Å². The number of fused-ring (bicyclic) bond motifs is 1. The highest BCUT2D eigenvalue weighted by Crippen LogP contribution is 2.26. The lowest BCUT2D eigenvalue weighted by atomic mass is 10.1. The third kappa shape index (κ3) is 1.93. The highest BCUT2D eigenvalue weighted by Gasteiger charge is 2.25. The van der Waals surface area contributed by atoms with Crippen molar-refractivity contribution in [1.82, 2.24) is 9.97 Å². The molecule has 0 radical (unpaired) electrons. The van der Waals surface area contributed by atoms with Crippen LogP contribution in [0.5, 0.6) is 0 Å². The molecule has 0 unspecified atom stereocenters. The lowest BCUT2D eigenvalue weighted by molar-refractivity contribution is 0.0341. The van der Waals surface area contributed by atoms with Gasteiger partial charge in [0.1, 0.15) is 12.1 Å². The van der Waals surface area contributed by atoms with E-state index in [2.05, 4.69) is 34.8 Å². The Kier molecular flexibility index (Phi) is 2.88. The Morgan fingerprint density at radius 2 is 2.06 bits per heavy atom. The predicted molar refractivity (Wildman–Crippen MR) is 71.8 cm³/mol. The molecule has 18 heavy (non-hydrogen) atoms. The molecule has 0 aliphatic carbocycles. The Labute approximate surface area is 107 Å². The summed E-state index contributed by atoms with van der Waals surface area (Å²) in [6, 6.07) is 8.49. The molecular weight excluding hydrogens is 226 g/mol.